The fourth-order valence-electron chi connectivity index (χ4n) is 5.06. The summed E-state index contributed by atoms with van der Waals surface area (Å²) >= 11 is 0. The predicted octanol–water partition coefficient (Wildman–Crippen LogP) is 4.44. The van der Waals surface area contributed by atoms with E-state index >= 15 is 0 Å². The Morgan fingerprint density at radius 1 is 1.19 bits per heavy atom. The number of hydrogen-bond acceptors (Lipinski definition) is 5. The normalized spacial score (nSPS) is 21.5. The zero-order valence-corrected chi connectivity index (χ0v) is 21.6. The van der Waals surface area contributed by atoms with Gasteiger partial charge in [-0.15, -0.1) is 12.4 Å². The molecule has 0 aliphatic carbocycles. The quantitative estimate of drug-likeness (QED) is 0.628. The summed E-state index contributed by atoms with van der Waals surface area (Å²) in [7, 11) is 0. The number of hydrogen-bond donors (Lipinski definition) is 1. The van der Waals surface area contributed by atoms with Crippen molar-refractivity contribution in [2.75, 3.05) is 26.2 Å². The molecule has 2 aromatic rings. The van der Waals surface area contributed by atoms with Gasteiger partial charge in [0, 0.05) is 30.4 Å². The molecule has 0 bridgehead atoms. The number of amides is 3. The lowest BCUT2D eigenvalue weighted by atomic mass is 9.88. The van der Waals surface area contributed by atoms with Gasteiger partial charge in [-0.3, -0.25) is 14.7 Å². The maximum absolute atomic E-state index is 14.0. The minimum Gasteiger partial charge on any atom is -0.363 e. The zero-order chi connectivity index (χ0) is 25.2. The van der Waals surface area contributed by atoms with Crippen LogP contribution in [0, 0.1) is 11.6 Å². The van der Waals surface area contributed by atoms with Gasteiger partial charge >= 0.3 is 6.03 Å². The molecule has 0 spiro atoms. The van der Waals surface area contributed by atoms with E-state index in [4.69, 9.17) is 4.74 Å². The van der Waals surface area contributed by atoms with Gasteiger partial charge in [0.2, 0.25) is 0 Å². The van der Waals surface area contributed by atoms with Gasteiger partial charge in [-0.25, -0.2) is 13.6 Å². The van der Waals surface area contributed by atoms with E-state index in [1.165, 1.54) is 6.07 Å². The van der Waals surface area contributed by atoms with Crippen LogP contribution in [0.5, 0.6) is 0 Å². The first-order valence-electron chi connectivity index (χ1n) is 12.0. The number of imide groups is 1. The van der Waals surface area contributed by atoms with Crippen molar-refractivity contribution in [3.63, 3.8) is 0 Å². The van der Waals surface area contributed by atoms with Gasteiger partial charge in [0.25, 0.3) is 5.91 Å². The Bertz CT molecular complexity index is 1060. The van der Waals surface area contributed by atoms with Crippen LogP contribution in [-0.4, -0.2) is 64.6 Å². The third kappa shape index (κ3) is 6.19. The van der Waals surface area contributed by atoms with Gasteiger partial charge < -0.3 is 15.0 Å². The number of urea groups is 1. The number of benzene rings is 1. The van der Waals surface area contributed by atoms with Gasteiger partial charge in [-0.1, -0.05) is 12.1 Å². The van der Waals surface area contributed by atoms with Gasteiger partial charge in [-0.2, -0.15) is 0 Å². The van der Waals surface area contributed by atoms with E-state index in [1.807, 2.05) is 25.3 Å². The monoisotopic (exact) mass is 522 g/mol. The Labute approximate surface area is 216 Å². The number of carbonyl (C=O) groups is 2. The van der Waals surface area contributed by atoms with E-state index in [9.17, 15) is 18.4 Å². The molecule has 2 aliphatic heterocycles. The summed E-state index contributed by atoms with van der Waals surface area (Å²) in [5, 5.41) is 2.92. The number of pyridine rings is 1. The van der Waals surface area contributed by atoms with Crippen molar-refractivity contribution in [2.24, 2.45) is 0 Å². The highest BCUT2D eigenvalue weighted by Gasteiger charge is 2.46. The number of nitrogens with zero attached hydrogens (tertiary/aromatic N) is 3. The van der Waals surface area contributed by atoms with Crippen LogP contribution in [-0.2, 0) is 9.53 Å². The molecule has 1 aromatic carbocycles. The zero-order valence-electron chi connectivity index (χ0n) is 20.7. The minimum absolute atomic E-state index is 0. The summed E-state index contributed by atoms with van der Waals surface area (Å²) in [6.45, 7) is 7.49. The first-order valence-corrected chi connectivity index (χ1v) is 12.0. The molecular weight excluding hydrogens is 490 g/mol. The number of halogens is 3. The summed E-state index contributed by atoms with van der Waals surface area (Å²) in [6.07, 6.45) is 3.80. The van der Waals surface area contributed by atoms with Crippen molar-refractivity contribution in [3.8, 4) is 0 Å². The molecular formula is C26H33ClF2N4O3. The lowest BCUT2D eigenvalue weighted by molar-refractivity contribution is -0.165. The second-order valence-electron chi connectivity index (χ2n) is 9.91. The number of nitrogens with one attached hydrogen (secondary N) is 1. The molecule has 2 saturated heterocycles. The van der Waals surface area contributed by atoms with Crippen LogP contribution in [0.1, 0.15) is 56.8 Å². The fraction of sp³-hybridized carbons (Fsp3) is 0.500. The fourth-order valence-corrected chi connectivity index (χ4v) is 5.06. The number of ether oxygens (including phenoxy) is 1. The van der Waals surface area contributed by atoms with Crippen molar-refractivity contribution in [2.45, 2.75) is 57.2 Å². The second kappa shape index (κ2) is 11.6. The molecule has 36 heavy (non-hydrogen) atoms. The first-order chi connectivity index (χ1) is 16.7. The highest BCUT2D eigenvalue weighted by molar-refractivity contribution is 5.96. The molecule has 2 unspecified atom stereocenters. The van der Waals surface area contributed by atoms with E-state index < -0.39 is 35.2 Å². The lowest BCUT2D eigenvalue weighted by Crippen LogP contribution is -2.60. The molecule has 1 N–H and O–H groups in total. The van der Waals surface area contributed by atoms with Gasteiger partial charge in [0.1, 0.15) is 6.61 Å². The molecule has 4 rings (SSSR count). The Balaban J connectivity index is 0.00000361. The number of rotatable bonds is 5. The third-order valence-corrected chi connectivity index (χ3v) is 6.83. The Kier molecular flexibility index (Phi) is 9.03. The molecule has 2 aliphatic rings. The maximum Gasteiger partial charge on any atom is 0.325 e. The Morgan fingerprint density at radius 3 is 2.56 bits per heavy atom. The lowest BCUT2D eigenvalue weighted by Gasteiger charge is -2.45. The summed E-state index contributed by atoms with van der Waals surface area (Å²) in [6, 6.07) is 7.67. The molecule has 3 amide bonds. The summed E-state index contributed by atoms with van der Waals surface area (Å²) in [4.78, 5) is 33.9. The maximum atomic E-state index is 14.0. The Morgan fingerprint density at radius 2 is 1.92 bits per heavy atom. The predicted molar refractivity (Wildman–Crippen MR) is 134 cm³/mol. The van der Waals surface area contributed by atoms with Crippen LogP contribution in [0.15, 0.2) is 42.6 Å². The largest absolute Gasteiger partial charge is 0.363 e. The SMILES string of the molecule is CC(CN1CCC(c2ccccn2)CC1)NC(=O)N1C(=O)COC(C)(C)C1c1ccc(F)c(F)c1.Cl. The summed E-state index contributed by atoms with van der Waals surface area (Å²) in [5.41, 5.74) is 0.429. The molecule has 0 radical (unpaired) electrons. The van der Waals surface area contributed by atoms with E-state index in [1.54, 1.807) is 13.8 Å². The van der Waals surface area contributed by atoms with E-state index in [-0.39, 0.29) is 25.1 Å². The van der Waals surface area contributed by atoms with Crippen LogP contribution < -0.4 is 5.32 Å². The summed E-state index contributed by atoms with van der Waals surface area (Å²) in [5.74, 6) is -2.13. The summed E-state index contributed by atoms with van der Waals surface area (Å²) < 4.78 is 33.2. The highest BCUT2D eigenvalue weighted by atomic mass is 35.5. The van der Waals surface area contributed by atoms with Crippen LogP contribution in [0.2, 0.25) is 0 Å². The number of aromatic nitrogens is 1. The van der Waals surface area contributed by atoms with Gasteiger partial charge in [0.15, 0.2) is 11.6 Å². The van der Waals surface area contributed by atoms with Crippen LogP contribution in [0.4, 0.5) is 13.6 Å². The standard InChI is InChI=1S/C26H32F2N4O3.ClH/c1-17(15-31-12-9-18(10-13-31)22-6-4-5-11-29-22)30-25(34)32-23(33)16-35-26(2,3)24(32)19-7-8-20(27)21(28)14-19;/h4-8,11,14,17-18,24H,9-10,12-13,15-16H2,1-3H3,(H,30,34);1H. The van der Waals surface area contributed by atoms with Crippen LogP contribution in [0.25, 0.3) is 0 Å². The number of piperidine rings is 1. The van der Waals surface area contributed by atoms with Crippen molar-refractivity contribution in [3.05, 3.63) is 65.5 Å². The molecule has 196 valence electrons. The molecule has 2 atom stereocenters. The average Bonchev–Trinajstić information content (AvgIpc) is 2.83. The average molecular weight is 523 g/mol. The molecule has 0 saturated carbocycles. The highest BCUT2D eigenvalue weighted by Crippen LogP contribution is 2.38. The van der Waals surface area contributed by atoms with E-state index in [0.29, 0.717) is 18.0 Å². The molecule has 7 nitrogen and oxygen atoms in total. The molecule has 3 heterocycles. The number of likely N-dealkylation sites (tertiary alicyclic amines) is 1. The van der Waals surface area contributed by atoms with E-state index in [0.717, 1.165) is 48.7 Å². The van der Waals surface area contributed by atoms with E-state index in [2.05, 4.69) is 21.3 Å². The van der Waals surface area contributed by atoms with Gasteiger partial charge in [-0.05, 0) is 76.5 Å². The Hall–Kier alpha value is -2.62. The second-order valence-corrected chi connectivity index (χ2v) is 9.91. The first kappa shape index (κ1) is 28.0. The smallest absolute Gasteiger partial charge is 0.325 e. The molecule has 1 aromatic heterocycles. The number of carbonyl (C=O) groups excluding carboxylic acids is 2. The van der Waals surface area contributed by atoms with Crippen molar-refractivity contribution in [1.82, 2.24) is 20.1 Å². The van der Waals surface area contributed by atoms with Crippen LogP contribution >= 0.6 is 12.4 Å². The minimum atomic E-state index is -1.04. The molecule has 10 heteroatoms. The topological polar surface area (TPSA) is 74.8 Å². The van der Waals surface area contributed by atoms with Crippen molar-refractivity contribution >= 4 is 24.3 Å². The third-order valence-electron chi connectivity index (χ3n) is 6.83. The molecule has 2 fully saturated rings. The van der Waals surface area contributed by atoms with Gasteiger partial charge in [0.05, 0.1) is 11.6 Å². The number of morpholine rings is 1. The van der Waals surface area contributed by atoms with Crippen LogP contribution in [0.3, 0.4) is 0 Å². The van der Waals surface area contributed by atoms with Crippen molar-refractivity contribution < 1.29 is 23.1 Å². The van der Waals surface area contributed by atoms with Crippen molar-refractivity contribution in [1.29, 1.82) is 0 Å².